The number of sulfonamides is 1. The number of anilines is 1. The molecule has 0 aliphatic carbocycles. The van der Waals surface area contributed by atoms with Gasteiger partial charge in [0.25, 0.3) is 0 Å². The Hall–Kier alpha value is -1.64. The number of hydrogen-bond acceptors (Lipinski definition) is 4. The number of amides is 1. The first-order chi connectivity index (χ1) is 14.2. The fourth-order valence-corrected chi connectivity index (χ4v) is 5.62. The lowest BCUT2D eigenvalue weighted by Crippen LogP contribution is -2.47. The second kappa shape index (κ2) is 9.66. The van der Waals surface area contributed by atoms with Crippen LogP contribution in [0, 0.1) is 6.92 Å². The van der Waals surface area contributed by atoms with E-state index < -0.39 is 10.0 Å². The molecule has 1 amide bonds. The highest BCUT2D eigenvalue weighted by Gasteiger charge is 2.29. The van der Waals surface area contributed by atoms with Gasteiger partial charge in [-0.15, -0.1) is 0 Å². The Labute approximate surface area is 187 Å². The Bertz CT molecular complexity index is 1020. The minimum Gasteiger partial charge on any atom is -0.326 e. The van der Waals surface area contributed by atoms with Crippen molar-refractivity contribution in [3.63, 3.8) is 0 Å². The number of piperazine rings is 1. The molecule has 0 unspecified atom stereocenters. The summed E-state index contributed by atoms with van der Waals surface area (Å²) in [4.78, 5) is 14.7. The maximum Gasteiger partial charge on any atom is 0.243 e. The third-order valence-electron chi connectivity index (χ3n) is 5.22. The molecule has 0 saturated carbocycles. The van der Waals surface area contributed by atoms with E-state index in [9.17, 15) is 13.2 Å². The van der Waals surface area contributed by atoms with Crippen LogP contribution in [0.25, 0.3) is 0 Å². The molecule has 0 bridgehead atoms. The molecule has 162 valence electrons. The van der Waals surface area contributed by atoms with E-state index in [0.717, 1.165) is 5.56 Å². The summed E-state index contributed by atoms with van der Waals surface area (Å²) in [5, 5.41) is 3.82. The Morgan fingerprint density at radius 1 is 1.07 bits per heavy atom. The molecule has 0 spiro atoms. The van der Waals surface area contributed by atoms with E-state index >= 15 is 0 Å². The van der Waals surface area contributed by atoms with Crippen molar-refractivity contribution in [2.24, 2.45) is 0 Å². The van der Waals surface area contributed by atoms with E-state index in [1.165, 1.54) is 10.4 Å². The van der Waals surface area contributed by atoms with E-state index in [0.29, 0.717) is 53.9 Å². The largest absolute Gasteiger partial charge is 0.326 e. The first-order valence-electron chi connectivity index (χ1n) is 9.70. The lowest BCUT2D eigenvalue weighted by Gasteiger charge is -2.32. The molecule has 1 heterocycles. The summed E-state index contributed by atoms with van der Waals surface area (Å²) >= 11 is 12.3. The molecule has 1 aliphatic rings. The average molecular weight is 470 g/mol. The van der Waals surface area contributed by atoms with Crippen LogP contribution in [0.5, 0.6) is 0 Å². The predicted molar refractivity (Wildman–Crippen MR) is 121 cm³/mol. The van der Waals surface area contributed by atoms with Crippen molar-refractivity contribution in [1.82, 2.24) is 9.21 Å². The van der Waals surface area contributed by atoms with Crippen LogP contribution in [0.4, 0.5) is 5.69 Å². The standard InChI is InChI=1S/C21H25Cl2N3O3S/c1-15-6-7-16(14-20(15)30(28,29)26-12-10-25(2)11-13-26)24-21(27)9-8-17-18(22)4-3-5-19(17)23/h3-7,14H,8-13H2,1-2H3,(H,24,27). The van der Waals surface area contributed by atoms with Gasteiger partial charge in [-0.25, -0.2) is 8.42 Å². The van der Waals surface area contributed by atoms with Gasteiger partial charge in [0.1, 0.15) is 0 Å². The molecular weight excluding hydrogens is 445 g/mol. The third-order valence-corrected chi connectivity index (χ3v) is 7.96. The zero-order valence-corrected chi connectivity index (χ0v) is 19.3. The maximum atomic E-state index is 13.1. The predicted octanol–water partition coefficient (Wildman–Crippen LogP) is 3.81. The third kappa shape index (κ3) is 5.34. The Kier molecular flexibility index (Phi) is 7.42. The first-order valence-corrected chi connectivity index (χ1v) is 11.9. The highest BCUT2D eigenvalue weighted by Crippen LogP contribution is 2.27. The molecule has 30 heavy (non-hydrogen) atoms. The van der Waals surface area contributed by atoms with Crippen LogP contribution < -0.4 is 5.32 Å². The van der Waals surface area contributed by atoms with Gasteiger partial charge in [-0.2, -0.15) is 4.31 Å². The average Bonchev–Trinajstić information content (AvgIpc) is 2.69. The van der Waals surface area contributed by atoms with Crippen molar-refractivity contribution in [3.8, 4) is 0 Å². The number of aryl methyl sites for hydroxylation is 1. The molecule has 1 N–H and O–H groups in total. The minimum absolute atomic E-state index is 0.178. The van der Waals surface area contributed by atoms with Crippen molar-refractivity contribution in [3.05, 3.63) is 57.6 Å². The summed E-state index contributed by atoms with van der Waals surface area (Å²) in [5.41, 5.74) is 1.82. The summed E-state index contributed by atoms with van der Waals surface area (Å²) in [6.07, 6.45) is 0.570. The molecule has 1 aliphatic heterocycles. The number of hydrogen-bond donors (Lipinski definition) is 1. The lowest BCUT2D eigenvalue weighted by atomic mass is 10.1. The molecule has 2 aromatic rings. The Morgan fingerprint density at radius 2 is 1.70 bits per heavy atom. The minimum atomic E-state index is -3.62. The molecule has 2 aromatic carbocycles. The lowest BCUT2D eigenvalue weighted by molar-refractivity contribution is -0.116. The number of likely N-dealkylation sites (N-methyl/N-ethyl adjacent to an activating group) is 1. The van der Waals surface area contributed by atoms with E-state index in [4.69, 9.17) is 23.2 Å². The first kappa shape index (κ1) is 23.0. The van der Waals surface area contributed by atoms with Gasteiger partial charge < -0.3 is 10.2 Å². The summed E-state index contributed by atoms with van der Waals surface area (Å²) in [6.45, 7) is 4.05. The van der Waals surface area contributed by atoms with Crippen molar-refractivity contribution in [1.29, 1.82) is 0 Å². The molecule has 3 rings (SSSR count). The number of carbonyl (C=O) groups excluding carboxylic acids is 1. The van der Waals surface area contributed by atoms with Gasteiger partial charge in [0.05, 0.1) is 4.90 Å². The van der Waals surface area contributed by atoms with Gasteiger partial charge in [-0.3, -0.25) is 4.79 Å². The molecular formula is C21H25Cl2N3O3S. The monoisotopic (exact) mass is 469 g/mol. The maximum absolute atomic E-state index is 13.1. The number of rotatable bonds is 6. The van der Waals surface area contributed by atoms with Gasteiger partial charge in [-0.05, 0) is 55.8 Å². The topological polar surface area (TPSA) is 69.7 Å². The second-order valence-corrected chi connectivity index (χ2v) is 10.2. The van der Waals surface area contributed by atoms with Crippen LogP contribution in [0.15, 0.2) is 41.3 Å². The van der Waals surface area contributed by atoms with Gasteiger partial charge in [0.2, 0.25) is 15.9 Å². The molecule has 0 atom stereocenters. The summed E-state index contributed by atoms with van der Waals surface area (Å²) < 4.78 is 27.7. The Morgan fingerprint density at radius 3 is 2.33 bits per heavy atom. The van der Waals surface area contributed by atoms with Crippen LogP contribution >= 0.6 is 23.2 Å². The highest BCUT2D eigenvalue weighted by molar-refractivity contribution is 7.89. The number of halogens is 2. The fraction of sp³-hybridized carbons (Fsp3) is 0.381. The fourth-order valence-electron chi connectivity index (χ4n) is 3.36. The zero-order valence-electron chi connectivity index (χ0n) is 17.0. The number of carbonyl (C=O) groups is 1. The number of nitrogens with one attached hydrogen (secondary N) is 1. The van der Waals surface area contributed by atoms with Crippen LogP contribution in [0.3, 0.4) is 0 Å². The highest BCUT2D eigenvalue weighted by atomic mass is 35.5. The summed E-state index contributed by atoms with van der Waals surface area (Å²) in [6, 6.07) is 10.2. The Balaban J connectivity index is 1.71. The zero-order chi connectivity index (χ0) is 21.9. The van der Waals surface area contributed by atoms with Gasteiger partial charge in [0, 0.05) is 48.3 Å². The van der Waals surface area contributed by atoms with E-state index in [1.54, 1.807) is 37.3 Å². The van der Waals surface area contributed by atoms with Gasteiger partial charge >= 0.3 is 0 Å². The van der Waals surface area contributed by atoms with Crippen molar-refractivity contribution in [2.75, 3.05) is 38.5 Å². The van der Waals surface area contributed by atoms with Crippen molar-refractivity contribution in [2.45, 2.75) is 24.7 Å². The number of benzene rings is 2. The van der Waals surface area contributed by atoms with E-state index in [2.05, 4.69) is 10.2 Å². The molecule has 9 heteroatoms. The van der Waals surface area contributed by atoms with Gasteiger partial charge in [-0.1, -0.05) is 35.3 Å². The summed E-state index contributed by atoms with van der Waals surface area (Å²) in [7, 11) is -1.65. The molecule has 1 saturated heterocycles. The molecule has 1 fully saturated rings. The molecule has 0 radical (unpaired) electrons. The second-order valence-electron chi connectivity index (χ2n) is 7.44. The van der Waals surface area contributed by atoms with Crippen molar-refractivity contribution < 1.29 is 13.2 Å². The van der Waals surface area contributed by atoms with Crippen LogP contribution in [0.1, 0.15) is 17.5 Å². The smallest absolute Gasteiger partial charge is 0.243 e. The van der Waals surface area contributed by atoms with Crippen LogP contribution in [-0.4, -0.2) is 56.8 Å². The number of nitrogens with zero attached hydrogens (tertiary/aromatic N) is 2. The van der Waals surface area contributed by atoms with Crippen LogP contribution in [-0.2, 0) is 21.2 Å². The normalized spacial score (nSPS) is 15.9. The summed E-state index contributed by atoms with van der Waals surface area (Å²) in [5.74, 6) is -0.238. The van der Waals surface area contributed by atoms with Crippen molar-refractivity contribution >= 4 is 44.8 Å². The van der Waals surface area contributed by atoms with E-state index in [-0.39, 0.29) is 17.2 Å². The van der Waals surface area contributed by atoms with Crippen LogP contribution in [0.2, 0.25) is 10.0 Å². The molecule has 0 aromatic heterocycles. The molecule has 6 nitrogen and oxygen atoms in total. The van der Waals surface area contributed by atoms with Gasteiger partial charge in [0.15, 0.2) is 0 Å². The SMILES string of the molecule is Cc1ccc(NC(=O)CCc2c(Cl)cccc2Cl)cc1S(=O)(=O)N1CCN(C)CC1. The van der Waals surface area contributed by atoms with E-state index in [1.807, 2.05) is 7.05 Å². The quantitative estimate of drug-likeness (QED) is 0.697.